The van der Waals surface area contributed by atoms with Gasteiger partial charge < -0.3 is 16.2 Å². The lowest BCUT2D eigenvalue weighted by Gasteiger charge is -2.11. The van der Waals surface area contributed by atoms with Crippen molar-refractivity contribution in [3.8, 4) is 0 Å². The van der Waals surface area contributed by atoms with Crippen LogP contribution in [-0.4, -0.2) is 29.7 Å². The minimum Gasteiger partial charge on any atom is -0.394 e. The molecule has 0 aromatic rings. The summed E-state index contributed by atoms with van der Waals surface area (Å²) >= 11 is 0. The average Bonchev–Trinajstić information content (AvgIpc) is 1.85. The molecule has 0 aromatic heterocycles. The van der Waals surface area contributed by atoms with E-state index in [9.17, 15) is 4.79 Å². The number of hydrogen-bond acceptors (Lipinski definition) is 3. The molecule has 0 aliphatic heterocycles. The molecule has 10 heavy (non-hydrogen) atoms. The van der Waals surface area contributed by atoms with Crippen LogP contribution in [0.25, 0.3) is 0 Å². The highest BCUT2D eigenvalue weighted by molar-refractivity contribution is 5.81. The highest BCUT2D eigenvalue weighted by Gasteiger charge is 2.11. The van der Waals surface area contributed by atoms with Crippen LogP contribution in [0.2, 0.25) is 0 Å². The van der Waals surface area contributed by atoms with E-state index in [1.54, 1.807) is 0 Å². The van der Waals surface area contributed by atoms with Gasteiger partial charge in [-0.1, -0.05) is 0 Å². The number of rotatable bonds is 3. The molecule has 4 nitrogen and oxygen atoms in total. The second-order valence-corrected chi connectivity index (χ2v) is 2.45. The maximum atomic E-state index is 10.8. The van der Waals surface area contributed by atoms with Crippen molar-refractivity contribution in [2.75, 3.05) is 6.61 Å². The van der Waals surface area contributed by atoms with Crippen LogP contribution in [0.1, 0.15) is 13.8 Å². The molecule has 0 heterocycles. The monoisotopic (exact) mass is 146 g/mol. The highest BCUT2D eigenvalue weighted by Crippen LogP contribution is 1.80. The first kappa shape index (κ1) is 9.39. The zero-order valence-corrected chi connectivity index (χ0v) is 6.29. The number of amides is 1. The Labute approximate surface area is 60.4 Å². The molecule has 4 heteroatoms. The van der Waals surface area contributed by atoms with Gasteiger partial charge in [0, 0.05) is 6.04 Å². The number of aliphatic hydroxyl groups is 1. The Kier molecular flexibility index (Phi) is 3.99. The van der Waals surface area contributed by atoms with E-state index in [1.807, 2.05) is 13.8 Å². The van der Waals surface area contributed by atoms with Crippen molar-refractivity contribution in [1.29, 1.82) is 0 Å². The summed E-state index contributed by atoms with van der Waals surface area (Å²) in [7, 11) is 0. The summed E-state index contributed by atoms with van der Waals surface area (Å²) in [5.41, 5.74) is 5.20. The second kappa shape index (κ2) is 4.24. The van der Waals surface area contributed by atoms with Gasteiger partial charge in [0.05, 0.1) is 6.61 Å². The standard InChI is InChI=1S/C6H14N2O2/c1-4(2)8-6(10)5(7)3-9/h4-5,9H,3,7H2,1-2H3,(H,8,10)/t5-/m1/s1. The molecule has 0 radical (unpaired) electrons. The second-order valence-electron chi connectivity index (χ2n) is 2.45. The summed E-state index contributed by atoms with van der Waals surface area (Å²) < 4.78 is 0. The van der Waals surface area contributed by atoms with E-state index in [-0.39, 0.29) is 18.6 Å². The van der Waals surface area contributed by atoms with Crippen LogP contribution in [-0.2, 0) is 4.79 Å². The molecule has 0 spiro atoms. The molecule has 0 aliphatic carbocycles. The predicted molar refractivity (Wildman–Crippen MR) is 38.3 cm³/mol. The van der Waals surface area contributed by atoms with Crippen molar-refractivity contribution < 1.29 is 9.90 Å². The first-order chi connectivity index (χ1) is 4.57. The Morgan fingerprint density at radius 3 is 2.50 bits per heavy atom. The molecule has 0 saturated carbocycles. The first-order valence-corrected chi connectivity index (χ1v) is 3.24. The molecule has 60 valence electrons. The van der Waals surface area contributed by atoms with E-state index in [4.69, 9.17) is 10.8 Å². The van der Waals surface area contributed by atoms with Crippen molar-refractivity contribution in [3.05, 3.63) is 0 Å². The number of nitrogens with one attached hydrogen (secondary N) is 1. The van der Waals surface area contributed by atoms with Crippen molar-refractivity contribution >= 4 is 5.91 Å². The molecule has 4 N–H and O–H groups in total. The minimum atomic E-state index is -0.789. The Bertz CT molecular complexity index is 114. The molecular formula is C6H14N2O2. The third-order valence-corrected chi connectivity index (χ3v) is 0.964. The number of hydrogen-bond donors (Lipinski definition) is 3. The van der Waals surface area contributed by atoms with E-state index in [2.05, 4.69) is 5.32 Å². The lowest BCUT2D eigenvalue weighted by Crippen LogP contribution is -2.45. The Hall–Kier alpha value is -0.610. The fourth-order valence-electron chi connectivity index (χ4n) is 0.474. The van der Waals surface area contributed by atoms with E-state index in [0.29, 0.717) is 0 Å². The predicted octanol–water partition coefficient (Wildman–Crippen LogP) is -1.17. The van der Waals surface area contributed by atoms with Gasteiger partial charge in [0.25, 0.3) is 0 Å². The zero-order chi connectivity index (χ0) is 8.15. The molecule has 0 aromatic carbocycles. The maximum absolute atomic E-state index is 10.8. The topological polar surface area (TPSA) is 75.4 Å². The fraction of sp³-hybridized carbons (Fsp3) is 0.833. The number of aliphatic hydroxyl groups excluding tert-OH is 1. The maximum Gasteiger partial charge on any atom is 0.239 e. The van der Waals surface area contributed by atoms with E-state index >= 15 is 0 Å². The Balaban J connectivity index is 3.62. The minimum absolute atomic E-state index is 0.0742. The summed E-state index contributed by atoms with van der Waals surface area (Å²) in [4.78, 5) is 10.8. The van der Waals surface area contributed by atoms with Gasteiger partial charge in [-0.2, -0.15) is 0 Å². The average molecular weight is 146 g/mol. The van der Waals surface area contributed by atoms with Gasteiger partial charge in [0.1, 0.15) is 6.04 Å². The summed E-state index contributed by atoms with van der Waals surface area (Å²) in [6.45, 7) is 3.36. The largest absolute Gasteiger partial charge is 0.394 e. The third-order valence-electron chi connectivity index (χ3n) is 0.964. The number of nitrogens with two attached hydrogens (primary N) is 1. The molecule has 1 amide bonds. The van der Waals surface area contributed by atoms with Crippen LogP contribution in [0.4, 0.5) is 0 Å². The van der Waals surface area contributed by atoms with Crippen molar-refractivity contribution in [2.45, 2.75) is 25.9 Å². The van der Waals surface area contributed by atoms with E-state index < -0.39 is 6.04 Å². The summed E-state index contributed by atoms with van der Waals surface area (Å²) in [5.74, 6) is -0.308. The first-order valence-electron chi connectivity index (χ1n) is 3.24. The van der Waals surface area contributed by atoms with Crippen LogP contribution < -0.4 is 11.1 Å². The zero-order valence-electron chi connectivity index (χ0n) is 6.29. The molecule has 0 fully saturated rings. The highest BCUT2D eigenvalue weighted by atomic mass is 16.3. The van der Waals surface area contributed by atoms with Crippen LogP contribution in [0.15, 0.2) is 0 Å². The van der Waals surface area contributed by atoms with Crippen LogP contribution in [0.3, 0.4) is 0 Å². The van der Waals surface area contributed by atoms with Gasteiger partial charge in [-0.05, 0) is 13.8 Å². The van der Waals surface area contributed by atoms with Crippen LogP contribution in [0, 0.1) is 0 Å². The van der Waals surface area contributed by atoms with E-state index in [1.165, 1.54) is 0 Å². The number of carbonyl (C=O) groups is 1. The van der Waals surface area contributed by atoms with Gasteiger partial charge >= 0.3 is 0 Å². The van der Waals surface area contributed by atoms with Crippen molar-refractivity contribution in [1.82, 2.24) is 5.32 Å². The molecule has 1 atom stereocenters. The van der Waals surface area contributed by atoms with Gasteiger partial charge in [0.15, 0.2) is 0 Å². The van der Waals surface area contributed by atoms with Gasteiger partial charge in [-0.15, -0.1) is 0 Å². The van der Waals surface area contributed by atoms with Crippen molar-refractivity contribution in [2.24, 2.45) is 5.73 Å². The van der Waals surface area contributed by atoms with E-state index in [0.717, 1.165) is 0 Å². The molecule has 0 rings (SSSR count). The van der Waals surface area contributed by atoms with Crippen LogP contribution in [0.5, 0.6) is 0 Å². The quantitative estimate of drug-likeness (QED) is 0.469. The molecule has 0 unspecified atom stereocenters. The fourth-order valence-corrected chi connectivity index (χ4v) is 0.474. The third kappa shape index (κ3) is 3.42. The SMILES string of the molecule is CC(C)NC(=O)[C@H](N)CO. The summed E-state index contributed by atoms with van der Waals surface area (Å²) in [6, 6.07) is -0.715. The summed E-state index contributed by atoms with van der Waals surface area (Å²) in [6.07, 6.45) is 0. The van der Waals surface area contributed by atoms with Crippen LogP contribution >= 0.6 is 0 Å². The van der Waals surface area contributed by atoms with Gasteiger partial charge in [-0.3, -0.25) is 4.79 Å². The lowest BCUT2D eigenvalue weighted by molar-refractivity contribution is -0.123. The molecule has 0 aliphatic rings. The Morgan fingerprint density at radius 2 is 2.20 bits per heavy atom. The lowest BCUT2D eigenvalue weighted by atomic mass is 10.3. The number of carbonyl (C=O) groups excluding carboxylic acids is 1. The molecule has 0 saturated heterocycles. The van der Waals surface area contributed by atoms with Gasteiger partial charge in [-0.25, -0.2) is 0 Å². The normalized spacial score (nSPS) is 13.3. The Morgan fingerprint density at radius 1 is 1.70 bits per heavy atom. The van der Waals surface area contributed by atoms with Gasteiger partial charge in [0.2, 0.25) is 5.91 Å². The van der Waals surface area contributed by atoms with Crippen molar-refractivity contribution in [3.63, 3.8) is 0 Å². The molecular weight excluding hydrogens is 132 g/mol. The molecule has 0 bridgehead atoms. The smallest absolute Gasteiger partial charge is 0.239 e. The summed E-state index contributed by atoms with van der Waals surface area (Å²) in [5, 5.41) is 11.0.